The molecule has 38 heavy (non-hydrogen) atoms. The van der Waals surface area contributed by atoms with Crippen LogP contribution in [0.25, 0.3) is 6.08 Å². The van der Waals surface area contributed by atoms with Gasteiger partial charge in [-0.1, -0.05) is 80.9 Å². The van der Waals surface area contributed by atoms with E-state index in [0.717, 1.165) is 16.8 Å². The van der Waals surface area contributed by atoms with Gasteiger partial charge >= 0.3 is 0 Å². The molecule has 0 radical (unpaired) electrons. The van der Waals surface area contributed by atoms with Gasteiger partial charge in [-0.15, -0.1) is 0 Å². The lowest BCUT2D eigenvalue weighted by atomic mass is 9.63. The summed E-state index contributed by atoms with van der Waals surface area (Å²) in [6.45, 7) is 5.65. The summed E-state index contributed by atoms with van der Waals surface area (Å²) in [7, 11) is 1.58. The number of benzene rings is 3. The molecule has 1 saturated heterocycles. The zero-order valence-electron chi connectivity index (χ0n) is 21.7. The summed E-state index contributed by atoms with van der Waals surface area (Å²) in [5.41, 5.74) is 0.912. The number of rotatable bonds is 3. The van der Waals surface area contributed by atoms with E-state index in [4.69, 9.17) is 16.3 Å². The number of ketones is 3. The average Bonchev–Trinajstić information content (AvgIpc) is 3.33. The van der Waals surface area contributed by atoms with E-state index < -0.39 is 28.8 Å². The molecule has 3 aromatic rings. The van der Waals surface area contributed by atoms with Gasteiger partial charge in [-0.3, -0.25) is 14.4 Å². The van der Waals surface area contributed by atoms with Crippen molar-refractivity contribution in [3.8, 4) is 5.75 Å². The number of methoxy groups -OCH3 is 1. The van der Waals surface area contributed by atoms with E-state index >= 15 is 0 Å². The Morgan fingerprint density at radius 1 is 0.947 bits per heavy atom. The zero-order valence-corrected chi connectivity index (χ0v) is 22.5. The third-order valence-electron chi connectivity index (χ3n) is 8.23. The molecule has 6 heteroatoms. The molecule has 5 nitrogen and oxygen atoms in total. The molecule has 0 N–H and O–H groups in total. The van der Waals surface area contributed by atoms with Gasteiger partial charge in [0.2, 0.25) is 0 Å². The second-order valence-corrected chi connectivity index (χ2v) is 11.7. The summed E-state index contributed by atoms with van der Waals surface area (Å²) in [6.07, 6.45) is 3.82. The van der Waals surface area contributed by atoms with Crippen LogP contribution in [0, 0.1) is 10.8 Å². The van der Waals surface area contributed by atoms with Gasteiger partial charge in [-0.25, -0.2) is 0 Å². The molecular formula is C32H28ClNO4. The van der Waals surface area contributed by atoms with Crippen molar-refractivity contribution in [2.45, 2.75) is 38.8 Å². The Labute approximate surface area is 227 Å². The number of carbonyl (C=O) groups is 3. The van der Waals surface area contributed by atoms with E-state index in [9.17, 15) is 14.4 Å². The van der Waals surface area contributed by atoms with E-state index in [0.29, 0.717) is 21.9 Å². The highest BCUT2D eigenvalue weighted by Crippen LogP contribution is 2.61. The molecule has 2 aliphatic heterocycles. The maximum Gasteiger partial charge on any atom is 0.180 e. The van der Waals surface area contributed by atoms with Gasteiger partial charge in [0.25, 0.3) is 0 Å². The molecular weight excluding hydrogens is 498 g/mol. The number of nitrogens with zero attached hydrogens (tertiary/aromatic N) is 1. The Hall–Kier alpha value is -3.70. The number of ether oxygens (including phenoxy) is 1. The SMILES string of the molecule is COc1cccc([C@@H]2[C@H](C(=O)C(C)(C)C)N3c4ccc(Cl)cc4C=C[C@@H]3C23C(=O)c2ccccc2C3=O)c1. The second kappa shape index (κ2) is 8.40. The standard InChI is InChI=1S/C32H28ClNO4/c1-31(2,3)30(37)27-26(19-8-7-9-21(17-19)38-4)32(28(35)22-10-5-6-11-23(22)29(32)36)25-15-12-18-16-20(33)13-14-24(18)34(25)27/h5-17,25-27H,1-4H3/t25-,26-,27-/m1/s1. The van der Waals surface area contributed by atoms with Crippen molar-refractivity contribution in [3.05, 3.63) is 100 Å². The molecule has 3 aliphatic rings. The summed E-state index contributed by atoms with van der Waals surface area (Å²) in [6, 6.07) is 18.5. The smallest absolute Gasteiger partial charge is 0.180 e. The monoisotopic (exact) mass is 525 g/mol. The molecule has 1 fully saturated rings. The second-order valence-electron chi connectivity index (χ2n) is 11.3. The fraction of sp³-hybridized carbons (Fsp3) is 0.281. The van der Waals surface area contributed by atoms with Crippen LogP contribution in [0.1, 0.15) is 58.5 Å². The van der Waals surface area contributed by atoms with Crippen LogP contribution in [-0.2, 0) is 4.79 Å². The molecule has 0 saturated carbocycles. The molecule has 0 bridgehead atoms. The molecule has 3 atom stereocenters. The van der Waals surface area contributed by atoms with Gasteiger partial charge in [0, 0.05) is 33.2 Å². The molecule has 1 aliphatic carbocycles. The highest BCUT2D eigenvalue weighted by Gasteiger charge is 2.71. The predicted octanol–water partition coefficient (Wildman–Crippen LogP) is 6.40. The highest BCUT2D eigenvalue weighted by molar-refractivity contribution is 6.32. The van der Waals surface area contributed by atoms with Crippen molar-refractivity contribution < 1.29 is 19.1 Å². The molecule has 0 amide bonds. The van der Waals surface area contributed by atoms with Crippen LogP contribution in [0.15, 0.2) is 72.8 Å². The van der Waals surface area contributed by atoms with Crippen LogP contribution in [0.5, 0.6) is 5.75 Å². The van der Waals surface area contributed by atoms with Crippen molar-refractivity contribution in [3.63, 3.8) is 0 Å². The third-order valence-corrected chi connectivity index (χ3v) is 8.46. The minimum Gasteiger partial charge on any atom is -0.497 e. The summed E-state index contributed by atoms with van der Waals surface area (Å²) in [5, 5.41) is 0.573. The quantitative estimate of drug-likeness (QED) is 0.370. The lowest BCUT2D eigenvalue weighted by molar-refractivity contribution is -0.127. The van der Waals surface area contributed by atoms with Crippen molar-refractivity contribution in [2.24, 2.45) is 10.8 Å². The van der Waals surface area contributed by atoms with Crippen LogP contribution in [-0.4, -0.2) is 36.5 Å². The largest absolute Gasteiger partial charge is 0.497 e. The van der Waals surface area contributed by atoms with E-state index in [1.54, 1.807) is 37.4 Å². The highest BCUT2D eigenvalue weighted by atomic mass is 35.5. The molecule has 1 spiro atoms. The van der Waals surface area contributed by atoms with E-state index in [2.05, 4.69) is 0 Å². The first-order valence-electron chi connectivity index (χ1n) is 12.7. The Bertz CT molecular complexity index is 1510. The summed E-state index contributed by atoms with van der Waals surface area (Å²) in [4.78, 5) is 45.5. The van der Waals surface area contributed by atoms with Crippen molar-refractivity contribution in [1.82, 2.24) is 0 Å². The van der Waals surface area contributed by atoms with Crippen LogP contribution >= 0.6 is 11.6 Å². The normalized spacial score (nSPS) is 22.9. The molecule has 0 aromatic heterocycles. The Balaban J connectivity index is 1.70. The molecule has 2 heterocycles. The maximum atomic E-state index is 14.6. The maximum absolute atomic E-state index is 14.6. The Morgan fingerprint density at radius 2 is 1.63 bits per heavy atom. The van der Waals surface area contributed by atoms with Crippen LogP contribution in [0.3, 0.4) is 0 Å². The lowest BCUT2D eigenvalue weighted by Gasteiger charge is -2.38. The number of fused-ring (bicyclic) bond motifs is 5. The first-order chi connectivity index (χ1) is 18.1. The number of hydrogen-bond donors (Lipinski definition) is 0. The summed E-state index contributed by atoms with van der Waals surface area (Å²) >= 11 is 6.34. The lowest BCUT2D eigenvalue weighted by Crippen LogP contribution is -2.49. The fourth-order valence-electron chi connectivity index (χ4n) is 6.60. The van der Waals surface area contributed by atoms with Crippen LogP contribution in [0.4, 0.5) is 5.69 Å². The van der Waals surface area contributed by atoms with Crippen molar-refractivity contribution in [1.29, 1.82) is 0 Å². The van der Waals surface area contributed by atoms with E-state index in [1.807, 2.05) is 74.2 Å². The average molecular weight is 526 g/mol. The minimum absolute atomic E-state index is 0.0417. The van der Waals surface area contributed by atoms with Crippen molar-refractivity contribution in [2.75, 3.05) is 12.0 Å². The fourth-order valence-corrected chi connectivity index (χ4v) is 6.78. The van der Waals surface area contributed by atoms with E-state index in [-0.39, 0.29) is 17.3 Å². The predicted molar refractivity (Wildman–Crippen MR) is 148 cm³/mol. The van der Waals surface area contributed by atoms with Gasteiger partial charge in [-0.2, -0.15) is 0 Å². The van der Waals surface area contributed by atoms with Gasteiger partial charge in [0.05, 0.1) is 19.2 Å². The van der Waals surface area contributed by atoms with Gasteiger partial charge in [0.1, 0.15) is 11.2 Å². The van der Waals surface area contributed by atoms with Crippen LogP contribution in [0.2, 0.25) is 5.02 Å². The Kier molecular flexibility index (Phi) is 5.45. The van der Waals surface area contributed by atoms with Gasteiger partial charge in [-0.05, 0) is 41.5 Å². The molecule has 0 unspecified atom stereocenters. The minimum atomic E-state index is -1.52. The number of anilines is 1. The first-order valence-corrected chi connectivity index (χ1v) is 13.1. The number of Topliss-reactive ketones (excluding diaryl/α,β-unsaturated/α-hetero) is 3. The van der Waals surface area contributed by atoms with E-state index in [1.165, 1.54) is 0 Å². The zero-order chi connectivity index (χ0) is 27.0. The third kappa shape index (κ3) is 3.21. The molecule has 192 valence electrons. The summed E-state index contributed by atoms with van der Waals surface area (Å²) in [5.74, 6) is -0.671. The summed E-state index contributed by atoms with van der Waals surface area (Å²) < 4.78 is 5.54. The number of halogens is 1. The van der Waals surface area contributed by atoms with Gasteiger partial charge < -0.3 is 9.64 Å². The van der Waals surface area contributed by atoms with Crippen LogP contribution < -0.4 is 9.64 Å². The first kappa shape index (κ1) is 24.6. The van der Waals surface area contributed by atoms with Crippen molar-refractivity contribution >= 4 is 40.7 Å². The Morgan fingerprint density at radius 3 is 2.26 bits per heavy atom. The number of hydrogen-bond acceptors (Lipinski definition) is 5. The molecule has 6 rings (SSSR count). The molecule has 3 aromatic carbocycles. The topological polar surface area (TPSA) is 63.7 Å². The number of carbonyl (C=O) groups excluding carboxylic acids is 3. The van der Waals surface area contributed by atoms with Gasteiger partial charge in [0.15, 0.2) is 17.3 Å².